The summed E-state index contributed by atoms with van der Waals surface area (Å²) in [5.74, 6) is -1.68. The number of alkyl halides is 3. The summed E-state index contributed by atoms with van der Waals surface area (Å²) in [4.78, 5) is 41.4. The van der Waals surface area contributed by atoms with Crippen LogP contribution in [0.4, 0.5) is 29.3 Å². The Labute approximate surface area is 169 Å². The van der Waals surface area contributed by atoms with Gasteiger partial charge < -0.3 is 4.84 Å². The van der Waals surface area contributed by atoms with Crippen molar-refractivity contribution in [3.8, 4) is 5.75 Å². The monoisotopic (exact) mass is 425 g/mol. The van der Waals surface area contributed by atoms with Crippen molar-refractivity contribution >= 4 is 23.3 Å². The lowest BCUT2D eigenvalue weighted by molar-refractivity contribution is -0.386. The van der Waals surface area contributed by atoms with Gasteiger partial charge in [-0.05, 0) is 24.3 Å². The number of halogens is 3. The highest BCUT2D eigenvalue weighted by Gasteiger charge is 2.35. The third-order valence-corrected chi connectivity index (χ3v) is 3.95. The Bertz CT molecular complexity index is 948. The van der Waals surface area contributed by atoms with E-state index in [0.29, 0.717) is 17.2 Å². The maximum Gasteiger partial charge on any atom is 0.416 e. The van der Waals surface area contributed by atoms with E-state index in [-0.39, 0.29) is 5.69 Å². The zero-order valence-corrected chi connectivity index (χ0v) is 16.2. The summed E-state index contributed by atoms with van der Waals surface area (Å²) in [5.41, 5.74) is -2.12. The number of amides is 3. The highest BCUT2D eigenvalue weighted by atomic mass is 19.4. The second-order valence-corrected chi connectivity index (χ2v) is 6.49. The molecule has 0 fully saturated rings. The Morgan fingerprint density at radius 1 is 1.10 bits per heavy atom. The highest BCUT2D eigenvalue weighted by molar-refractivity contribution is 6.02. The summed E-state index contributed by atoms with van der Waals surface area (Å²) in [5, 5.41) is 11.9. The third kappa shape index (κ3) is 5.04. The molecule has 2 rings (SSSR count). The second-order valence-electron chi connectivity index (χ2n) is 6.49. The van der Waals surface area contributed by atoms with Gasteiger partial charge in [0.15, 0.2) is 0 Å². The number of benzene rings is 2. The van der Waals surface area contributed by atoms with Gasteiger partial charge in [-0.25, -0.2) is 4.79 Å². The van der Waals surface area contributed by atoms with Crippen LogP contribution in [-0.2, 0) is 11.0 Å². The van der Waals surface area contributed by atoms with E-state index in [1.54, 1.807) is 32.0 Å². The van der Waals surface area contributed by atoms with E-state index in [9.17, 15) is 32.9 Å². The number of rotatable bonds is 5. The van der Waals surface area contributed by atoms with Crippen LogP contribution in [0, 0.1) is 16.0 Å². The number of nitro groups is 1. The van der Waals surface area contributed by atoms with Crippen molar-refractivity contribution in [3.63, 3.8) is 0 Å². The molecule has 0 heterocycles. The van der Waals surface area contributed by atoms with Crippen LogP contribution in [-0.4, -0.2) is 28.8 Å². The van der Waals surface area contributed by atoms with Crippen LogP contribution in [0.5, 0.6) is 5.75 Å². The van der Waals surface area contributed by atoms with E-state index in [2.05, 4.69) is 0 Å². The molecule has 0 atom stereocenters. The Morgan fingerprint density at radius 3 is 2.20 bits per heavy atom. The van der Waals surface area contributed by atoms with Gasteiger partial charge in [-0.1, -0.05) is 32.0 Å². The van der Waals surface area contributed by atoms with Gasteiger partial charge in [0.1, 0.15) is 0 Å². The molecule has 8 nitrogen and oxygen atoms in total. The topological polar surface area (TPSA) is 93.0 Å². The van der Waals surface area contributed by atoms with E-state index in [1.165, 1.54) is 19.2 Å². The minimum atomic E-state index is -4.80. The summed E-state index contributed by atoms with van der Waals surface area (Å²) >= 11 is 0. The predicted molar refractivity (Wildman–Crippen MR) is 101 cm³/mol. The van der Waals surface area contributed by atoms with Gasteiger partial charge in [0.2, 0.25) is 11.7 Å². The Balaban J connectivity index is 2.50. The molecule has 0 radical (unpaired) electrons. The number of carbonyl (C=O) groups excluding carboxylic acids is 2. The first-order valence-corrected chi connectivity index (χ1v) is 8.63. The standard InChI is InChI=1S/C19H18F3N3O5/c1-12(2)17(26)23(3)18(27)24(14-7-5-4-6-8-14)30-16-10-9-13(19(20,21)22)11-15(16)25(28)29/h4-12H,1-3H3. The quantitative estimate of drug-likeness (QED) is 0.514. The molecule has 0 aliphatic carbocycles. The molecule has 0 aliphatic rings. The van der Waals surface area contributed by atoms with Gasteiger partial charge >= 0.3 is 17.9 Å². The molecule has 0 saturated heterocycles. The lowest BCUT2D eigenvalue weighted by atomic mass is 10.2. The van der Waals surface area contributed by atoms with E-state index in [4.69, 9.17) is 4.84 Å². The maximum atomic E-state index is 12.9. The summed E-state index contributed by atoms with van der Waals surface area (Å²) < 4.78 is 38.8. The molecule has 0 bridgehead atoms. The van der Waals surface area contributed by atoms with Crippen LogP contribution >= 0.6 is 0 Å². The average Bonchev–Trinajstić information content (AvgIpc) is 2.70. The Morgan fingerprint density at radius 2 is 1.70 bits per heavy atom. The first kappa shape index (κ1) is 22.7. The first-order chi connectivity index (χ1) is 13.9. The molecule has 0 aliphatic heterocycles. The van der Waals surface area contributed by atoms with Crippen molar-refractivity contribution in [2.75, 3.05) is 12.1 Å². The molecule has 2 aromatic carbocycles. The zero-order valence-electron chi connectivity index (χ0n) is 16.2. The first-order valence-electron chi connectivity index (χ1n) is 8.63. The summed E-state index contributed by atoms with van der Waals surface area (Å²) in [7, 11) is 1.20. The molecule has 0 N–H and O–H groups in total. The van der Waals surface area contributed by atoms with Crippen molar-refractivity contribution in [3.05, 3.63) is 64.2 Å². The zero-order chi connectivity index (χ0) is 22.6. The van der Waals surface area contributed by atoms with Crippen molar-refractivity contribution in [1.29, 1.82) is 0 Å². The van der Waals surface area contributed by atoms with Gasteiger partial charge in [0, 0.05) is 19.0 Å². The molecule has 0 saturated carbocycles. The van der Waals surface area contributed by atoms with Crippen molar-refractivity contribution < 1.29 is 32.5 Å². The maximum absolute atomic E-state index is 12.9. The van der Waals surface area contributed by atoms with Crippen LogP contribution in [0.3, 0.4) is 0 Å². The number of hydrogen-bond donors (Lipinski definition) is 0. The Hall–Kier alpha value is -3.63. The lowest BCUT2D eigenvalue weighted by Crippen LogP contribution is -2.47. The lowest BCUT2D eigenvalue weighted by Gasteiger charge is -2.27. The number of imide groups is 1. The van der Waals surface area contributed by atoms with Crippen molar-refractivity contribution in [2.24, 2.45) is 5.92 Å². The molecule has 160 valence electrons. The third-order valence-electron chi connectivity index (χ3n) is 3.95. The van der Waals surface area contributed by atoms with E-state index in [1.807, 2.05) is 0 Å². The number of nitrogens with zero attached hydrogens (tertiary/aromatic N) is 3. The van der Waals surface area contributed by atoms with E-state index in [0.717, 1.165) is 11.0 Å². The molecular weight excluding hydrogens is 407 g/mol. The van der Waals surface area contributed by atoms with E-state index < -0.39 is 46.0 Å². The number of para-hydroxylation sites is 1. The molecule has 0 unspecified atom stereocenters. The minimum Gasteiger partial charge on any atom is -0.363 e. The summed E-state index contributed by atoms with van der Waals surface area (Å²) in [6.45, 7) is 3.14. The van der Waals surface area contributed by atoms with Gasteiger partial charge in [-0.2, -0.15) is 13.2 Å². The number of carbonyl (C=O) groups is 2. The highest BCUT2D eigenvalue weighted by Crippen LogP contribution is 2.37. The largest absolute Gasteiger partial charge is 0.416 e. The molecule has 11 heteroatoms. The number of anilines is 1. The number of hydrogen-bond acceptors (Lipinski definition) is 5. The number of urea groups is 1. The van der Waals surface area contributed by atoms with Crippen LogP contribution in [0.2, 0.25) is 0 Å². The molecular formula is C19H18F3N3O5. The fraction of sp³-hybridized carbons (Fsp3) is 0.263. The smallest absolute Gasteiger partial charge is 0.363 e. The fourth-order valence-electron chi connectivity index (χ4n) is 2.40. The number of nitro benzene ring substituents is 1. The molecule has 2 aromatic rings. The van der Waals surface area contributed by atoms with Crippen LogP contribution in [0.25, 0.3) is 0 Å². The fourth-order valence-corrected chi connectivity index (χ4v) is 2.40. The Kier molecular flexibility index (Phi) is 6.65. The second kappa shape index (κ2) is 8.80. The molecule has 0 spiro atoms. The van der Waals surface area contributed by atoms with Gasteiger partial charge in [-0.15, -0.1) is 5.06 Å². The molecule has 3 amide bonds. The van der Waals surface area contributed by atoms with Crippen LogP contribution < -0.4 is 9.90 Å². The predicted octanol–water partition coefficient (Wildman–Crippen LogP) is 4.65. The van der Waals surface area contributed by atoms with Crippen molar-refractivity contribution in [1.82, 2.24) is 4.90 Å². The minimum absolute atomic E-state index is 0.111. The summed E-state index contributed by atoms with van der Waals surface area (Å²) in [6, 6.07) is 8.27. The SMILES string of the molecule is CC(C)C(=O)N(C)C(=O)N(Oc1ccc(C(F)(F)F)cc1[N+](=O)[O-])c1ccccc1. The van der Waals surface area contributed by atoms with Gasteiger partial charge in [0.05, 0.1) is 16.2 Å². The number of hydroxylamine groups is 1. The van der Waals surface area contributed by atoms with Gasteiger partial charge in [0.25, 0.3) is 0 Å². The summed E-state index contributed by atoms with van der Waals surface area (Å²) in [6.07, 6.45) is -4.80. The van der Waals surface area contributed by atoms with Crippen molar-refractivity contribution in [2.45, 2.75) is 20.0 Å². The van der Waals surface area contributed by atoms with Crippen LogP contribution in [0.1, 0.15) is 19.4 Å². The van der Waals surface area contributed by atoms with Gasteiger partial charge in [-0.3, -0.25) is 19.8 Å². The normalized spacial score (nSPS) is 11.2. The average molecular weight is 425 g/mol. The van der Waals surface area contributed by atoms with Crippen LogP contribution in [0.15, 0.2) is 48.5 Å². The molecule has 30 heavy (non-hydrogen) atoms. The molecule has 0 aromatic heterocycles. The van der Waals surface area contributed by atoms with E-state index >= 15 is 0 Å².